The second-order valence-corrected chi connectivity index (χ2v) is 7.58. The number of nitrogens with zero attached hydrogens (tertiary/aromatic N) is 1. The molecular formula is C28H27N. The van der Waals surface area contributed by atoms with E-state index in [1.54, 1.807) is 0 Å². The van der Waals surface area contributed by atoms with Crippen molar-refractivity contribution in [2.75, 3.05) is 4.90 Å². The highest BCUT2D eigenvalue weighted by Gasteiger charge is 2.29. The maximum atomic E-state index is 4.36. The topological polar surface area (TPSA) is 3.24 Å². The van der Waals surface area contributed by atoms with Crippen molar-refractivity contribution in [1.29, 1.82) is 0 Å². The van der Waals surface area contributed by atoms with E-state index in [-0.39, 0.29) is 12.1 Å². The maximum Gasteiger partial charge on any atom is 0.0519 e. The molecule has 0 aliphatic carbocycles. The molecule has 0 saturated carbocycles. The standard InChI is InChI=1S/C28H27N/c1-23-21-27(19-17-24-11-5-2-6-12-24)29(26-15-9-4-10-16-26)28(22-23)20-18-25-13-7-3-8-14-25/h2-20,27-28H,1,21-22H2/b19-17+,20-18+/t27-,28+. The summed E-state index contributed by atoms with van der Waals surface area (Å²) < 4.78 is 0. The SMILES string of the molecule is C=C1C[C@@H](/C=C/c2ccccc2)N(c2ccccc2)[C@@H](/C=C/c2ccccc2)C1. The Morgan fingerprint density at radius 2 is 1.03 bits per heavy atom. The lowest BCUT2D eigenvalue weighted by Crippen LogP contribution is -2.45. The Balaban J connectivity index is 1.66. The number of hydrogen-bond donors (Lipinski definition) is 0. The van der Waals surface area contributed by atoms with E-state index in [4.69, 9.17) is 0 Å². The van der Waals surface area contributed by atoms with E-state index in [1.165, 1.54) is 22.4 Å². The fraction of sp³-hybridized carbons (Fsp3) is 0.143. The Kier molecular flexibility index (Phi) is 6.07. The van der Waals surface area contributed by atoms with Crippen molar-refractivity contribution < 1.29 is 0 Å². The Bertz CT molecular complexity index is 909. The molecule has 1 heteroatoms. The van der Waals surface area contributed by atoms with Gasteiger partial charge in [-0.15, -0.1) is 0 Å². The molecule has 0 amide bonds. The van der Waals surface area contributed by atoms with Gasteiger partial charge in [0.2, 0.25) is 0 Å². The summed E-state index contributed by atoms with van der Waals surface area (Å²) in [5, 5.41) is 0. The van der Waals surface area contributed by atoms with Crippen LogP contribution in [0, 0.1) is 0 Å². The zero-order chi connectivity index (χ0) is 19.9. The molecule has 0 unspecified atom stereocenters. The van der Waals surface area contributed by atoms with Crippen molar-refractivity contribution in [2.24, 2.45) is 0 Å². The van der Waals surface area contributed by atoms with Crippen LogP contribution in [0.1, 0.15) is 24.0 Å². The van der Waals surface area contributed by atoms with Crippen molar-refractivity contribution >= 4 is 17.8 Å². The van der Waals surface area contributed by atoms with Crippen molar-refractivity contribution in [2.45, 2.75) is 24.9 Å². The highest BCUT2D eigenvalue weighted by Crippen LogP contribution is 2.33. The maximum absolute atomic E-state index is 4.36. The van der Waals surface area contributed by atoms with Gasteiger partial charge < -0.3 is 4.90 Å². The van der Waals surface area contributed by atoms with Gasteiger partial charge in [0.25, 0.3) is 0 Å². The van der Waals surface area contributed by atoms with Gasteiger partial charge in [-0.1, -0.05) is 115 Å². The van der Waals surface area contributed by atoms with Gasteiger partial charge in [-0.3, -0.25) is 0 Å². The lowest BCUT2D eigenvalue weighted by Gasteiger charge is -2.42. The quantitative estimate of drug-likeness (QED) is 0.432. The number of para-hydroxylation sites is 1. The third-order valence-corrected chi connectivity index (χ3v) is 5.39. The van der Waals surface area contributed by atoms with Gasteiger partial charge in [0, 0.05) is 5.69 Å². The summed E-state index contributed by atoms with van der Waals surface area (Å²) in [4.78, 5) is 2.54. The van der Waals surface area contributed by atoms with Gasteiger partial charge in [-0.05, 0) is 36.1 Å². The molecule has 29 heavy (non-hydrogen) atoms. The molecule has 3 aromatic rings. The van der Waals surface area contributed by atoms with E-state index in [0.29, 0.717) is 0 Å². The van der Waals surface area contributed by atoms with Crippen LogP contribution in [-0.2, 0) is 0 Å². The third kappa shape index (κ3) is 4.94. The second kappa shape index (κ2) is 9.25. The molecule has 0 spiro atoms. The molecule has 0 bridgehead atoms. The predicted molar refractivity (Wildman–Crippen MR) is 126 cm³/mol. The molecule has 4 rings (SSSR count). The van der Waals surface area contributed by atoms with E-state index < -0.39 is 0 Å². The molecule has 144 valence electrons. The fourth-order valence-electron chi connectivity index (χ4n) is 3.99. The first-order chi connectivity index (χ1) is 14.3. The summed E-state index contributed by atoms with van der Waals surface area (Å²) in [7, 11) is 0. The molecule has 0 N–H and O–H groups in total. The van der Waals surface area contributed by atoms with Gasteiger partial charge >= 0.3 is 0 Å². The summed E-state index contributed by atoms with van der Waals surface area (Å²) in [5.74, 6) is 0. The molecule has 0 aromatic heterocycles. The summed E-state index contributed by atoms with van der Waals surface area (Å²) in [6.45, 7) is 4.36. The smallest absolute Gasteiger partial charge is 0.0519 e. The Hall–Kier alpha value is -3.32. The van der Waals surface area contributed by atoms with Gasteiger partial charge in [-0.2, -0.15) is 0 Å². The number of benzene rings is 3. The molecule has 1 aliphatic rings. The number of piperidine rings is 1. The van der Waals surface area contributed by atoms with Crippen molar-refractivity contribution in [3.63, 3.8) is 0 Å². The van der Waals surface area contributed by atoms with Gasteiger partial charge in [0.05, 0.1) is 12.1 Å². The van der Waals surface area contributed by atoms with E-state index in [9.17, 15) is 0 Å². The molecule has 1 fully saturated rings. The van der Waals surface area contributed by atoms with Crippen molar-refractivity contribution in [3.05, 3.63) is 126 Å². The Morgan fingerprint density at radius 3 is 1.48 bits per heavy atom. The van der Waals surface area contributed by atoms with Crippen LogP contribution in [0.15, 0.2) is 115 Å². The lowest BCUT2D eigenvalue weighted by molar-refractivity contribution is 0.545. The highest BCUT2D eigenvalue weighted by molar-refractivity contribution is 5.59. The molecule has 0 radical (unpaired) electrons. The van der Waals surface area contributed by atoms with E-state index in [2.05, 4.69) is 127 Å². The minimum atomic E-state index is 0.282. The third-order valence-electron chi connectivity index (χ3n) is 5.39. The van der Waals surface area contributed by atoms with Crippen LogP contribution in [0.2, 0.25) is 0 Å². The van der Waals surface area contributed by atoms with Crippen LogP contribution in [0.5, 0.6) is 0 Å². The van der Waals surface area contributed by atoms with Crippen LogP contribution in [0.4, 0.5) is 5.69 Å². The van der Waals surface area contributed by atoms with Gasteiger partial charge in [-0.25, -0.2) is 0 Å². The fourth-order valence-corrected chi connectivity index (χ4v) is 3.99. The minimum Gasteiger partial charge on any atom is -0.358 e. The van der Waals surface area contributed by atoms with Crippen LogP contribution >= 0.6 is 0 Å². The minimum absolute atomic E-state index is 0.282. The average molecular weight is 378 g/mol. The molecule has 1 saturated heterocycles. The van der Waals surface area contributed by atoms with Crippen molar-refractivity contribution in [3.8, 4) is 0 Å². The van der Waals surface area contributed by atoms with Gasteiger partial charge in [0.1, 0.15) is 0 Å². The Labute approximate surface area is 174 Å². The largest absolute Gasteiger partial charge is 0.358 e. The van der Waals surface area contributed by atoms with Crippen LogP contribution < -0.4 is 4.90 Å². The molecule has 3 aromatic carbocycles. The number of hydrogen-bond acceptors (Lipinski definition) is 1. The lowest BCUT2D eigenvalue weighted by atomic mass is 9.90. The van der Waals surface area contributed by atoms with E-state index >= 15 is 0 Å². The summed E-state index contributed by atoms with van der Waals surface area (Å²) in [5.41, 5.74) is 5.02. The van der Waals surface area contributed by atoms with Crippen LogP contribution in [0.3, 0.4) is 0 Å². The molecule has 1 nitrogen and oxygen atoms in total. The predicted octanol–water partition coefficient (Wildman–Crippen LogP) is 7.01. The molecular weight excluding hydrogens is 350 g/mol. The average Bonchev–Trinajstić information content (AvgIpc) is 2.78. The monoisotopic (exact) mass is 377 g/mol. The zero-order valence-electron chi connectivity index (χ0n) is 16.7. The van der Waals surface area contributed by atoms with Crippen molar-refractivity contribution in [1.82, 2.24) is 0 Å². The molecule has 1 heterocycles. The highest BCUT2D eigenvalue weighted by atomic mass is 15.2. The molecule has 2 atom stereocenters. The number of rotatable bonds is 5. The first kappa shape index (κ1) is 19.0. The van der Waals surface area contributed by atoms with Crippen LogP contribution in [-0.4, -0.2) is 12.1 Å². The van der Waals surface area contributed by atoms with E-state index in [0.717, 1.165) is 12.8 Å². The zero-order valence-corrected chi connectivity index (χ0v) is 16.7. The Morgan fingerprint density at radius 1 is 0.621 bits per heavy atom. The summed E-state index contributed by atoms with van der Waals surface area (Å²) in [6.07, 6.45) is 11.1. The first-order valence-electron chi connectivity index (χ1n) is 10.3. The first-order valence-corrected chi connectivity index (χ1v) is 10.3. The normalized spacial score (nSPS) is 19.9. The number of anilines is 1. The van der Waals surface area contributed by atoms with Gasteiger partial charge in [0.15, 0.2) is 0 Å². The van der Waals surface area contributed by atoms with E-state index in [1.807, 2.05) is 0 Å². The molecule has 1 aliphatic heterocycles. The van der Waals surface area contributed by atoms with Crippen LogP contribution in [0.25, 0.3) is 12.2 Å². The summed E-state index contributed by atoms with van der Waals surface area (Å²) in [6, 6.07) is 32.3. The second-order valence-electron chi connectivity index (χ2n) is 7.58. The summed E-state index contributed by atoms with van der Waals surface area (Å²) >= 11 is 0.